The molecule has 1 aliphatic heterocycles. The van der Waals surface area contributed by atoms with E-state index in [1.807, 2.05) is 57.4 Å². The van der Waals surface area contributed by atoms with Crippen LogP contribution < -0.4 is 10.3 Å². The van der Waals surface area contributed by atoms with Gasteiger partial charge in [0.1, 0.15) is 17.9 Å². The van der Waals surface area contributed by atoms with Crippen LogP contribution in [-0.4, -0.2) is 69.6 Å². The summed E-state index contributed by atoms with van der Waals surface area (Å²) in [5.74, 6) is 0.978. The van der Waals surface area contributed by atoms with Crippen molar-refractivity contribution in [3.63, 3.8) is 0 Å². The lowest BCUT2D eigenvalue weighted by molar-refractivity contribution is -0.139. The van der Waals surface area contributed by atoms with Crippen molar-refractivity contribution in [2.45, 2.75) is 26.4 Å². The maximum absolute atomic E-state index is 12.6. The Hall–Kier alpha value is -4.43. The monoisotopic (exact) mass is 535 g/mol. The maximum Gasteiger partial charge on any atom is 0.274 e. The van der Waals surface area contributed by atoms with Crippen molar-refractivity contribution in [2.75, 3.05) is 33.3 Å². The number of carbonyl (C=O) groups is 1. The molecule has 1 aliphatic rings. The number of aromatic nitrogens is 3. The molecule has 40 heavy (non-hydrogen) atoms. The minimum Gasteiger partial charge on any atom is -0.492 e. The van der Waals surface area contributed by atoms with E-state index in [1.165, 1.54) is 0 Å². The van der Waals surface area contributed by atoms with E-state index < -0.39 is 0 Å². The number of aryl methyl sites for hydroxylation is 1. The molecule has 1 fully saturated rings. The van der Waals surface area contributed by atoms with Crippen molar-refractivity contribution in [1.29, 1.82) is 0 Å². The number of H-pyrrole nitrogens is 1. The molecule has 0 bridgehead atoms. The molecule has 8 heteroatoms. The quantitative estimate of drug-likeness (QED) is 0.325. The van der Waals surface area contributed by atoms with Crippen LogP contribution in [0.1, 0.15) is 13.8 Å². The highest BCUT2D eigenvalue weighted by molar-refractivity contribution is 5.95. The molecule has 6 rings (SSSR count). The molecule has 1 atom stereocenters. The Morgan fingerprint density at radius 1 is 1.00 bits per heavy atom. The summed E-state index contributed by atoms with van der Waals surface area (Å²) in [5.41, 5.74) is 5.46. The topological polar surface area (TPSA) is 83.5 Å². The Balaban J connectivity index is 1.17. The number of hydrogen-bond acceptors (Lipinski definition) is 5. The van der Waals surface area contributed by atoms with Gasteiger partial charge < -0.3 is 19.2 Å². The van der Waals surface area contributed by atoms with Crippen molar-refractivity contribution >= 4 is 27.7 Å². The molecule has 2 aromatic carbocycles. The second-order valence-electron chi connectivity index (χ2n) is 10.3. The molecule has 204 valence electrons. The Morgan fingerprint density at radius 2 is 1.80 bits per heavy atom. The summed E-state index contributed by atoms with van der Waals surface area (Å²) in [6.07, 6.45) is 3.70. The highest BCUT2D eigenvalue weighted by Gasteiger charge is 2.28. The summed E-state index contributed by atoms with van der Waals surface area (Å²) in [5, 5.41) is 1.93. The Labute approximate surface area is 232 Å². The van der Waals surface area contributed by atoms with Crippen LogP contribution in [0.5, 0.6) is 5.75 Å². The molecule has 1 saturated heterocycles. The molecule has 0 saturated carbocycles. The largest absolute Gasteiger partial charge is 0.492 e. The van der Waals surface area contributed by atoms with E-state index in [1.54, 1.807) is 15.7 Å². The summed E-state index contributed by atoms with van der Waals surface area (Å²) < 4.78 is 7.70. The second kappa shape index (κ2) is 10.6. The van der Waals surface area contributed by atoms with Gasteiger partial charge in [0.25, 0.3) is 5.56 Å². The number of likely N-dealkylation sites (N-methyl/N-ethyl adjacent to an activating group) is 1. The number of ether oxygens (including phenoxy) is 1. The predicted octanol–water partition coefficient (Wildman–Crippen LogP) is 4.77. The highest BCUT2D eigenvalue weighted by Crippen LogP contribution is 2.30. The predicted molar refractivity (Wildman–Crippen MR) is 159 cm³/mol. The summed E-state index contributed by atoms with van der Waals surface area (Å²) in [6, 6.07) is 20.3. The van der Waals surface area contributed by atoms with Crippen molar-refractivity contribution in [1.82, 2.24) is 24.3 Å². The molecule has 1 N–H and O–H groups in total. The molecule has 0 unspecified atom stereocenters. The van der Waals surface area contributed by atoms with E-state index >= 15 is 0 Å². The normalized spacial score (nSPS) is 16.2. The summed E-state index contributed by atoms with van der Waals surface area (Å²) >= 11 is 0. The first kappa shape index (κ1) is 25.8. The molecule has 0 spiro atoms. The number of piperazine rings is 1. The van der Waals surface area contributed by atoms with Gasteiger partial charge in [0.15, 0.2) is 0 Å². The van der Waals surface area contributed by atoms with Crippen LogP contribution in [0.25, 0.3) is 44.2 Å². The van der Waals surface area contributed by atoms with Crippen LogP contribution >= 0.6 is 0 Å². The van der Waals surface area contributed by atoms with Gasteiger partial charge in [-0.3, -0.25) is 14.5 Å². The average molecular weight is 536 g/mol. The molecule has 3 aromatic heterocycles. The lowest BCUT2D eigenvalue weighted by Crippen LogP contribution is -2.55. The number of nitrogens with one attached hydrogen (secondary N) is 1. The minimum atomic E-state index is -0.107. The zero-order valence-electron chi connectivity index (χ0n) is 23.1. The summed E-state index contributed by atoms with van der Waals surface area (Å²) in [6.45, 7) is 7.40. The fraction of sp³-hybridized carbons (Fsp3) is 0.281. The fourth-order valence-corrected chi connectivity index (χ4v) is 5.48. The van der Waals surface area contributed by atoms with Gasteiger partial charge in [-0.1, -0.05) is 24.3 Å². The van der Waals surface area contributed by atoms with Crippen molar-refractivity contribution < 1.29 is 9.53 Å². The summed E-state index contributed by atoms with van der Waals surface area (Å²) in [7, 11) is 1.86. The lowest BCUT2D eigenvalue weighted by atomic mass is 10.0. The second-order valence-corrected chi connectivity index (χ2v) is 10.3. The number of aromatic amines is 1. The summed E-state index contributed by atoms with van der Waals surface area (Å²) in [4.78, 5) is 36.8. The van der Waals surface area contributed by atoms with Gasteiger partial charge in [0.05, 0.1) is 17.3 Å². The molecule has 5 aromatic rings. The van der Waals surface area contributed by atoms with Gasteiger partial charge in [0.2, 0.25) is 5.91 Å². The average Bonchev–Trinajstić information content (AvgIpc) is 3.48. The number of fused-ring (bicyclic) bond motifs is 2. The van der Waals surface area contributed by atoms with Crippen molar-refractivity contribution in [3.8, 4) is 28.1 Å². The van der Waals surface area contributed by atoms with Crippen LogP contribution in [0.15, 0.2) is 77.9 Å². The number of benzene rings is 2. The molecule has 8 nitrogen and oxygen atoms in total. The molecule has 4 heterocycles. The van der Waals surface area contributed by atoms with Crippen LogP contribution in [-0.2, 0) is 11.3 Å². The van der Waals surface area contributed by atoms with Crippen LogP contribution in [0, 0.1) is 0 Å². The third kappa shape index (κ3) is 4.75. The number of nitrogens with zero attached hydrogens (tertiary/aromatic N) is 4. The zero-order valence-corrected chi connectivity index (χ0v) is 23.1. The van der Waals surface area contributed by atoms with E-state index in [2.05, 4.69) is 40.2 Å². The molecular weight excluding hydrogens is 502 g/mol. The molecule has 0 aliphatic carbocycles. The number of hydrogen-bond donors (Lipinski definition) is 1. The third-order valence-electron chi connectivity index (χ3n) is 7.94. The van der Waals surface area contributed by atoms with Crippen LogP contribution in [0.3, 0.4) is 0 Å². The third-order valence-corrected chi connectivity index (χ3v) is 7.94. The first-order valence-corrected chi connectivity index (χ1v) is 13.8. The lowest BCUT2D eigenvalue weighted by Gasteiger charge is -2.37. The minimum absolute atomic E-state index is 0.0192. The van der Waals surface area contributed by atoms with Crippen molar-refractivity contribution in [2.24, 2.45) is 0 Å². The standard InChI is InChI=1S/C32H33N5O3/c1-4-36-20-27(26-13-14-33-30(26)32(36)39)29-12-8-24-19-23(7-11-28(24)34-29)22-5-9-25(10-6-22)40-18-17-37-16-15-35(3)31(38)21(37)2/h5-14,19-21,33H,4,15-18H2,1-3H3/t21-/m1/s1. The molecule has 1 amide bonds. The van der Waals surface area contributed by atoms with Crippen molar-refractivity contribution in [3.05, 3.63) is 83.4 Å². The van der Waals surface area contributed by atoms with Gasteiger partial charge in [-0.15, -0.1) is 0 Å². The number of rotatable bonds is 7. The first-order valence-electron chi connectivity index (χ1n) is 13.8. The maximum atomic E-state index is 12.6. The number of carbonyl (C=O) groups excluding carboxylic acids is 1. The van der Waals surface area contributed by atoms with E-state index in [-0.39, 0.29) is 17.5 Å². The van der Waals surface area contributed by atoms with Gasteiger partial charge in [-0.25, -0.2) is 4.98 Å². The Morgan fingerprint density at radius 3 is 2.60 bits per heavy atom. The fourth-order valence-electron chi connectivity index (χ4n) is 5.48. The Bertz CT molecular complexity index is 1750. The number of pyridine rings is 2. The van der Waals surface area contributed by atoms with Gasteiger partial charge in [-0.05, 0) is 61.4 Å². The molecular formula is C32H33N5O3. The van der Waals surface area contributed by atoms with E-state index in [0.717, 1.165) is 64.1 Å². The first-order chi connectivity index (χ1) is 19.4. The van der Waals surface area contributed by atoms with Crippen LogP contribution in [0.2, 0.25) is 0 Å². The van der Waals surface area contributed by atoms with Crippen LogP contribution in [0.4, 0.5) is 0 Å². The number of amides is 1. The van der Waals surface area contributed by atoms with Gasteiger partial charge in [-0.2, -0.15) is 0 Å². The molecule has 0 radical (unpaired) electrons. The van der Waals surface area contributed by atoms with E-state index in [9.17, 15) is 9.59 Å². The van der Waals surface area contributed by atoms with E-state index in [4.69, 9.17) is 9.72 Å². The van der Waals surface area contributed by atoms with E-state index in [0.29, 0.717) is 18.7 Å². The Kier molecular flexibility index (Phi) is 6.86. The highest BCUT2D eigenvalue weighted by atomic mass is 16.5. The zero-order chi connectivity index (χ0) is 27.8. The SMILES string of the molecule is CCn1cc(-c2ccc3cc(-c4ccc(OCCN5CCN(C)C(=O)[C@H]5C)cc4)ccc3n2)c2cc[nH]c2c1=O. The smallest absolute Gasteiger partial charge is 0.274 e. The van der Waals surface area contributed by atoms with Gasteiger partial charge >= 0.3 is 0 Å². The van der Waals surface area contributed by atoms with Gasteiger partial charge in [0, 0.05) is 62.0 Å².